The highest BCUT2D eigenvalue weighted by Crippen LogP contribution is 2.40. The molecule has 0 radical (unpaired) electrons. The van der Waals surface area contributed by atoms with Crippen LogP contribution in [0.15, 0.2) is 22.7 Å². The normalized spacial score (nSPS) is 21.3. The molecular weight excluding hydrogens is 302 g/mol. The average Bonchev–Trinajstić information content (AvgIpc) is 3.46. The molecule has 3 fully saturated rings. The van der Waals surface area contributed by atoms with Crippen LogP contribution in [-0.4, -0.2) is 46.4 Å². The Morgan fingerprint density at radius 2 is 1.92 bits per heavy atom. The Morgan fingerprint density at radius 3 is 2.58 bits per heavy atom. The smallest absolute Gasteiger partial charge is 0.151 e. The Labute approximate surface area is 141 Å². The number of hydrogen-bond acceptors (Lipinski definition) is 6. The quantitative estimate of drug-likeness (QED) is 0.813. The van der Waals surface area contributed by atoms with Crippen molar-refractivity contribution in [2.75, 3.05) is 25.0 Å². The third kappa shape index (κ3) is 2.79. The van der Waals surface area contributed by atoms with Crippen LogP contribution in [0, 0.1) is 0 Å². The van der Waals surface area contributed by atoms with E-state index < -0.39 is 0 Å². The third-order valence-electron chi connectivity index (χ3n) is 5.44. The molecule has 6 nitrogen and oxygen atoms in total. The summed E-state index contributed by atoms with van der Waals surface area (Å²) in [5.41, 5.74) is 2.21. The SMILES string of the molecule is CN(Cc1cc(C2CC2)on1)C1CN(c2ccc(C3CC3)nn2)C1. The Bertz CT molecular complexity index is 713. The molecule has 0 amide bonds. The lowest BCUT2D eigenvalue weighted by Gasteiger charge is -2.44. The Morgan fingerprint density at radius 1 is 1.12 bits per heavy atom. The van der Waals surface area contributed by atoms with Crippen LogP contribution in [0.5, 0.6) is 0 Å². The maximum Gasteiger partial charge on any atom is 0.151 e. The van der Waals surface area contributed by atoms with Crippen LogP contribution in [0.2, 0.25) is 0 Å². The summed E-state index contributed by atoms with van der Waals surface area (Å²) in [5, 5.41) is 13.0. The number of anilines is 1. The summed E-state index contributed by atoms with van der Waals surface area (Å²) < 4.78 is 5.44. The molecule has 24 heavy (non-hydrogen) atoms. The maximum atomic E-state index is 5.44. The highest BCUT2D eigenvalue weighted by atomic mass is 16.5. The van der Waals surface area contributed by atoms with Crippen LogP contribution in [0.4, 0.5) is 5.82 Å². The molecule has 1 saturated heterocycles. The van der Waals surface area contributed by atoms with Gasteiger partial charge in [0.2, 0.25) is 0 Å². The molecule has 0 aromatic carbocycles. The van der Waals surface area contributed by atoms with Gasteiger partial charge in [-0.15, -0.1) is 5.10 Å². The molecule has 126 valence electrons. The van der Waals surface area contributed by atoms with Gasteiger partial charge in [0.05, 0.1) is 11.4 Å². The van der Waals surface area contributed by atoms with Crippen molar-refractivity contribution in [1.29, 1.82) is 0 Å². The van der Waals surface area contributed by atoms with Crippen molar-refractivity contribution in [2.45, 2.75) is 50.1 Å². The van der Waals surface area contributed by atoms with E-state index in [2.05, 4.69) is 50.4 Å². The van der Waals surface area contributed by atoms with Crippen LogP contribution in [0.25, 0.3) is 0 Å². The topological polar surface area (TPSA) is 58.3 Å². The third-order valence-corrected chi connectivity index (χ3v) is 5.44. The van der Waals surface area contributed by atoms with Gasteiger partial charge in [-0.1, -0.05) is 5.16 Å². The molecule has 0 spiro atoms. The first-order valence-corrected chi connectivity index (χ1v) is 9.00. The van der Waals surface area contributed by atoms with E-state index in [1.807, 2.05) is 0 Å². The van der Waals surface area contributed by atoms with Crippen LogP contribution >= 0.6 is 0 Å². The summed E-state index contributed by atoms with van der Waals surface area (Å²) in [6.07, 6.45) is 5.05. The monoisotopic (exact) mass is 325 g/mol. The van der Waals surface area contributed by atoms with Crippen LogP contribution in [0.1, 0.15) is 54.7 Å². The van der Waals surface area contributed by atoms with E-state index in [1.54, 1.807) is 0 Å². The van der Waals surface area contributed by atoms with Crippen LogP contribution in [0.3, 0.4) is 0 Å². The van der Waals surface area contributed by atoms with Gasteiger partial charge in [0.1, 0.15) is 5.76 Å². The van der Waals surface area contributed by atoms with Crippen molar-refractivity contribution in [1.82, 2.24) is 20.3 Å². The van der Waals surface area contributed by atoms with Gasteiger partial charge in [0, 0.05) is 43.6 Å². The molecule has 0 atom stereocenters. The summed E-state index contributed by atoms with van der Waals surface area (Å²) >= 11 is 0. The van der Waals surface area contributed by atoms with E-state index in [-0.39, 0.29) is 0 Å². The Hall–Kier alpha value is -1.95. The van der Waals surface area contributed by atoms with Crippen LogP contribution < -0.4 is 4.90 Å². The summed E-state index contributed by atoms with van der Waals surface area (Å²) in [4.78, 5) is 4.65. The minimum absolute atomic E-state index is 0.538. The number of likely N-dealkylation sites (N-methyl/N-ethyl adjacent to an activating group) is 1. The average molecular weight is 325 g/mol. The lowest BCUT2D eigenvalue weighted by Crippen LogP contribution is -2.58. The first-order chi connectivity index (χ1) is 11.8. The zero-order valence-corrected chi connectivity index (χ0v) is 14.1. The Balaban J connectivity index is 1.14. The molecular formula is C18H23N5O. The van der Waals surface area contributed by atoms with Gasteiger partial charge in [-0.3, -0.25) is 4.90 Å². The summed E-state index contributed by atoms with van der Waals surface area (Å²) in [7, 11) is 2.16. The number of rotatable bonds is 6. The summed E-state index contributed by atoms with van der Waals surface area (Å²) in [6.45, 7) is 2.85. The molecule has 2 aromatic heterocycles. The van der Waals surface area contributed by atoms with E-state index in [0.29, 0.717) is 17.9 Å². The molecule has 3 heterocycles. The minimum Gasteiger partial charge on any atom is -0.361 e. The van der Waals surface area contributed by atoms with Gasteiger partial charge in [0.15, 0.2) is 5.82 Å². The fourth-order valence-corrected chi connectivity index (χ4v) is 3.37. The summed E-state index contributed by atoms with van der Waals surface area (Å²) in [5.74, 6) is 3.37. The van der Waals surface area contributed by atoms with Crippen molar-refractivity contribution in [3.8, 4) is 0 Å². The molecule has 0 unspecified atom stereocenters. The molecule has 2 saturated carbocycles. The zero-order valence-electron chi connectivity index (χ0n) is 14.1. The second-order valence-corrected chi connectivity index (χ2v) is 7.56. The second-order valence-electron chi connectivity index (χ2n) is 7.56. The molecule has 6 heteroatoms. The van der Waals surface area contributed by atoms with Crippen molar-refractivity contribution in [2.24, 2.45) is 0 Å². The van der Waals surface area contributed by atoms with Gasteiger partial charge in [0.25, 0.3) is 0 Å². The highest BCUT2D eigenvalue weighted by Gasteiger charge is 2.33. The first kappa shape index (κ1) is 14.4. The van der Waals surface area contributed by atoms with Gasteiger partial charge >= 0.3 is 0 Å². The van der Waals surface area contributed by atoms with Crippen LogP contribution in [-0.2, 0) is 6.54 Å². The largest absolute Gasteiger partial charge is 0.361 e. The van der Waals surface area contributed by atoms with Gasteiger partial charge in [-0.25, -0.2) is 0 Å². The van der Waals surface area contributed by atoms with Crippen molar-refractivity contribution < 1.29 is 4.52 Å². The summed E-state index contributed by atoms with van der Waals surface area (Å²) in [6, 6.07) is 6.94. The second kappa shape index (κ2) is 5.55. The molecule has 2 aliphatic carbocycles. The molecule has 3 aliphatic rings. The van der Waals surface area contributed by atoms with Gasteiger partial charge in [-0.05, 0) is 44.9 Å². The molecule has 5 rings (SSSR count). The van der Waals surface area contributed by atoms with Crippen molar-refractivity contribution >= 4 is 5.82 Å². The maximum absolute atomic E-state index is 5.44. The fraction of sp³-hybridized carbons (Fsp3) is 0.611. The predicted molar refractivity (Wildman–Crippen MR) is 90.0 cm³/mol. The highest BCUT2D eigenvalue weighted by molar-refractivity contribution is 5.42. The predicted octanol–water partition coefficient (Wildman–Crippen LogP) is 2.54. The standard InChI is InChI=1S/C18H23N5O/c1-22(9-14-8-17(24-21-14)13-4-5-13)15-10-23(11-15)18-7-6-16(19-20-18)12-2-3-12/h6-8,12-13,15H,2-5,9-11H2,1H3. The van der Waals surface area contributed by atoms with E-state index in [0.717, 1.165) is 42.6 Å². The molecule has 0 bridgehead atoms. The molecule has 0 N–H and O–H groups in total. The van der Waals surface area contributed by atoms with Gasteiger partial charge in [-0.2, -0.15) is 5.10 Å². The number of hydrogen-bond donors (Lipinski definition) is 0. The molecule has 2 aromatic rings. The first-order valence-electron chi connectivity index (χ1n) is 9.00. The fourth-order valence-electron chi connectivity index (χ4n) is 3.37. The number of nitrogens with zero attached hydrogens (tertiary/aromatic N) is 5. The van der Waals surface area contributed by atoms with E-state index in [1.165, 1.54) is 25.7 Å². The van der Waals surface area contributed by atoms with Crippen molar-refractivity contribution in [3.05, 3.63) is 35.3 Å². The minimum atomic E-state index is 0.538. The van der Waals surface area contributed by atoms with Crippen molar-refractivity contribution in [3.63, 3.8) is 0 Å². The zero-order chi connectivity index (χ0) is 16.1. The lowest BCUT2D eigenvalue weighted by atomic mass is 10.1. The van der Waals surface area contributed by atoms with E-state index in [9.17, 15) is 0 Å². The molecule has 1 aliphatic heterocycles. The van der Waals surface area contributed by atoms with E-state index >= 15 is 0 Å². The number of aromatic nitrogens is 3. The Kier molecular flexibility index (Phi) is 3.33. The van der Waals surface area contributed by atoms with Gasteiger partial charge < -0.3 is 9.42 Å². The van der Waals surface area contributed by atoms with E-state index in [4.69, 9.17) is 4.52 Å². The lowest BCUT2D eigenvalue weighted by molar-refractivity contribution is 0.191.